The molecule has 0 spiro atoms. The molecule has 2 rings (SSSR count). The van der Waals surface area contributed by atoms with Crippen molar-refractivity contribution in [3.8, 4) is 0 Å². The van der Waals surface area contributed by atoms with Gasteiger partial charge in [0.2, 0.25) is 0 Å². The van der Waals surface area contributed by atoms with Crippen molar-refractivity contribution in [1.29, 1.82) is 0 Å². The number of furan rings is 1. The van der Waals surface area contributed by atoms with E-state index in [9.17, 15) is 0 Å². The Bertz CT molecular complexity index is 441. The molecule has 2 heterocycles. The molecule has 2 N–H and O–H groups in total. The maximum atomic E-state index is 5.67. The largest absolute Gasteiger partial charge is 0.468 e. The standard InChI is InChI=1S/C17H30N4O2/c1-3-18-17(19-9-13-22-2)20-14-15(16-8-7-12-23-16)21-10-5-4-6-11-21/h7-8,12,15H,3-6,9-11,13-14H2,1-2H3,(H2,18,19,20). The summed E-state index contributed by atoms with van der Waals surface area (Å²) in [5, 5.41) is 6.57. The van der Waals surface area contributed by atoms with E-state index in [4.69, 9.17) is 14.1 Å². The van der Waals surface area contributed by atoms with Crippen LogP contribution in [-0.4, -0.2) is 57.3 Å². The molecule has 0 bridgehead atoms. The average molecular weight is 322 g/mol. The smallest absolute Gasteiger partial charge is 0.191 e. The molecule has 130 valence electrons. The molecular formula is C17H30N4O2. The molecule has 0 radical (unpaired) electrons. The fraction of sp³-hybridized carbons (Fsp3) is 0.706. The molecule has 1 atom stereocenters. The Labute approximate surface area is 139 Å². The highest BCUT2D eigenvalue weighted by molar-refractivity contribution is 5.79. The van der Waals surface area contributed by atoms with Crippen LogP contribution in [0, 0.1) is 0 Å². The Balaban J connectivity index is 2.01. The molecule has 0 amide bonds. The molecule has 6 nitrogen and oxygen atoms in total. The summed E-state index contributed by atoms with van der Waals surface area (Å²) in [7, 11) is 1.70. The second kappa shape index (κ2) is 10.3. The monoisotopic (exact) mass is 322 g/mol. The first-order valence-corrected chi connectivity index (χ1v) is 8.63. The topological polar surface area (TPSA) is 62.0 Å². The number of nitrogens with zero attached hydrogens (tertiary/aromatic N) is 2. The number of hydrogen-bond donors (Lipinski definition) is 2. The molecule has 0 aromatic carbocycles. The van der Waals surface area contributed by atoms with Gasteiger partial charge in [0.25, 0.3) is 0 Å². The van der Waals surface area contributed by atoms with Gasteiger partial charge in [-0.25, -0.2) is 0 Å². The number of ether oxygens (including phenoxy) is 1. The lowest BCUT2D eigenvalue weighted by atomic mass is 10.1. The van der Waals surface area contributed by atoms with Gasteiger partial charge in [0, 0.05) is 20.2 Å². The Hall–Kier alpha value is -1.53. The lowest BCUT2D eigenvalue weighted by Crippen LogP contribution is -2.40. The highest BCUT2D eigenvalue weighted by atomic mass is 16.5. The fourth-order valence-electron chi connectivity index (χ4n) is 2.89. The summed E-state index contributed by atoms with van der Waals surface area (Å²) in [5.41, 5.74) is 0. The third-order valence-corrected chi connectivity index (χ3v) is 4.07. The molecule has 1 aliphatic rings. The van der Waals surface area contributed by atoms with Gasteiger partial charge in [-0.2, -0.15) is 0 Å². The van der Waals surface area contributed by atoms with Crippen molar-refractivity contribution in [2.45, 2.75) is 32.2 Å². The zero-order valence-electron chi connectivity index (χ0n) is 14.4. The summed E-state index contributed by atoms with van der Waals surface area (Å²) >= 11 is 0. The highest BCUT2D eigenvalue weighted by Gasteiger charge is 2.24. The van der Waals surface area contributed by atoms with E-state index in [1.807, 2.05) is 6.07 Å². The summed E-state index contributed by atoms with van der Waals surface area (Å²) in [6.45, 7) is 7.25. The van der Waals surface area contributed by atoms with Crippen LogP contribution in [0.25, 0.3) is 0 Å². The summed E-state index contributed by atoms with van der Waals surface area (Å²) < 4.78 is 10.7. The Morgan fingerprint density at radius 2 is 2.17 bits per heavy atom. The lowest BCUT2D eigenvalue weighted by molar-refractivity contribution is 0.150. The van der Waals surface area contributed by atoms with E-state index < -0.39 is 0 Å². The van der Waals surface area contributed by atoms with Gasteiger partial charge in [-0.1, -0.05) is 6.42 Å². The third-order valence-electron chi connectivity index (χ3n) is 4.07. The van der Waals surface area contributed by atoms with E-state index in [2.05, 4.69) is 28.5 Å². The van der Waals surface area contributed by atoms with Crippen LogP contribution in [-0.2, 0) is 4.74 Å². The quantitative estimate of drug-likeness (QED) is 0.435. The number of likely N-dealkylation sites (tertiary alicyclic amines) is 1. The zero-order valence-corrected chi connectivity index (χ0v) is 14.4. The SMILES string of the molecule is CCNC(=NCC(c1ccco1)N1CCCCC1)NCCOC. The second-order valence-corrected chi connectivity index (χ2v) is 5.77. The van der Waals surface area contributed by atoms with Gasteiger partial charge in [-0.3, -0.25) is 9.89 Å². The summed E-state index contributed by atoms with van der Waals surface area (Å²) in [4.78, 5) is 7.24. The van der Waals surface area contributed by atoms with E-state index >= 15 is 0 Å². The molecule has 1 aliphatic heterocycles. The molecule has 23 heavy (non-hydrogen) atoms. The minimum absolute atomic E-state index is 0.211. The molecule has 1 fully saturated rings. The van der Waals surface area contributed by atoms with Crippen LogP contribution < -0.4 is 10.6 Å². The molecule has 1 unspecified atom stereocenters. The van der Waals surface area contributed by atoms with Gasteiger partial charge < -0.3 is 19.8 Å². The molecule has 0 aliphatic carbocycles. The number of hydrogen-bond acceptors (Lipinski definition) is 4. The van der Waals surface area contributed by atoms with Crippen molar-refractivity contribution < 1.29 is 9.15 Å². The van der Waals surface area contributed by atoms with Crippen LogP contribution >= 0.6 is 0 Å². The van der Waals surface area contributed by atoms with Gasteiger partial charge >= 0.3 is 0 Å². The lowest BCUT2D eigenvalue weighted by Gasteiger charge is -2.32. The second-order valence-electron chi connectivity index (χ2n) is 5.77. The van der Waals surface area contributed by atoms with Crippen molar-refractivity contribution in [1.82, 2.24) is 15.5 Å². The Morgan fingerprint density at radius 1 is 1.35 bits per heavy atom. The van der Waals surface area contributed by atoms with Crippen LogP contribution in [0.2, 0.25) is 0 Å². The van der Waals surface area contributed by atoms with Crippen molar-refractivity contribution in [3.63, 3.8) is 0 Å². The van der Waals surface area contributed by atoms with Crippen molar-refractivity contribution in [2.75, 3.05) is 46.4 Å². The van der Waals surface area contributed by atoms with Crippen molar-refractivity contribution in [2.24, 2.45) is 4.99 Å². The summed E-state index contributed by atoms with van der Waals surface area (Å²) in [5.74, 6) is 1.83. The first kappa shape index (κ1) is 17.8. The Kier molecular flexibility index (Phi) is 7.97. The van der Waals surface area contributed by atoms with Gasteiger partial charge in [-0.05, 0) is 45.0 Å². The number of aliphatic imine (C=N–C) groups is 1. The van der Waals surface area contributed by atoms with E-state index in [1.165, 1.54) is 19.3 Å². The van der Waals surface area contributed by atoms with Gasteiger partial charge in [0.1, 0.15) is 5.76 Å². The number of guanidine groups is 1. The number of methoxy groups -OCH3 is 1. The summed E-state index contributed by atoms with van der Waals surface area (Å²) in [6, 6.07) is 4.22. The van der Waals surface area contributed by atoms with Crippen molar-refractivity contribution >= 4 is 5.96 Å². The first-order valence-electron chi connectivity index (χ1n) is 8.63. The minimum Gasteiger partial charge on any atom is -0.468 e. The van der Waals surface area contributed by atoms with Gasteiger partial charge in [0.05, 0.1) is 25.5 Å². The molecule has 1 aromatic rings. The van der Waals surface area contributed by atoms with Crippen LogP contribution in [0.3, 0.4) is 0 Å². The van der Waals surface area contributed by atoms with Crippen LogP contribution in [0.5, 0.6) is 0 Å². The van der Waals surface area contributed by atoms with E-state index in [1.54, 1.807) is 13.4 Å². The number of rotatable bonds is 8. The van der Waals surface area contributed by atoms with Crippen LogP contribution in [0.15, 0.2) is 27.8 Å². The maximum Gasteiger partial charge on any atom is 0.191 e. The maximum absolute atomic E-state index is 5.67. The predicted octanol–water partition coefficient (Wildman–Crippen LogP) is 2.01. The molecular weight excluding hydrogens is 292 g/mol. The Morgan fingerprint density at radius 3 is 2.83 bits per heavy atom. The fourth-order valence-corrected chi connectivity index (χ4v) is 2.89. The van der Waals surface area contributed by atoms with Gasteiger partial charge in [-0.15, -0.1) is 0 Å². The molecule has 1 saturated heterocycles. The van der Waals surface area contributed by atoms with E-state index in [-0.39, 0.29) is 6.04 Å². The van der Waals surface area contributed by atoms with E-state index in [0.717, 1.165) is 37.9 Å². The first-order chi connectivity index (χ1) is 11.3. The normalized spacial score (nSPS) is 17.9. The molecule has 6 heteroatoms. The molecule has 0 saturated carbocycles. The van der Waals surface area contributed by atoms with Crippen molar-refractivity contribution in [3.05, 3.63) is 24.2 Å². The third kappa shape index (κ3) is 5.88. The predicted molar refractivity (Wildman–Crippen MR) is 92.7 cm³/mol. The average Bonchev–Trinajstić information content (AvgIpc) is 3.10. The highest BCUT2D eigenvalue weighted by Crippen LogP contribution is 2.25. The minimum atomic E-state index is 0.211. The number of piperidine rings is 1. The number of nitrogens with one attached hydrogen (secondary N) is 2. The zero-order chi connectivity index (χ0) is 16.3. The summed E-state index contributed by atoms with van der Waals surface area (Å²) in [6.07, 6.45) is 5.59. The van der Waals surface area contributed by atoms with Crippen LogP contribution in [0.1, 0.15) is 38.0 Å². The van der Waals surface area contributed by atoms with Crippen LogP contribution in [0.4, 0.5) is 0 Å². The molecule has 1 aromatic heterocycles. The van der Waals surface area contributed by atoms with E-state index in [0.29, 0.717) is 13.2 Å². The van der Waals surface area contributed by atoms with Gasteiger partial charge in [0.15, 0.2) is 5.96 Å².